The predicted molar refractivity (Wildman–Crippen MR) is 75.6 cm³/mol. The third-order valence-electron chi connectivity index (χ3n) is 3.34. The minimum Gasteiger partial charge on any atom is -0.491 e. The van der Waals surface area contributed by atoms with E-state index in [9.17, 15) is 0 Å². The van der Waals surface area contributed by atoms with Gasteiger partial charge in [-0.1, -0.05) is 17.7 Å². The van der Waals surface area contributed by atoms with Gasteiger partial charge in [0.1, 0.15) is 23.4 Å². The summed E-state index contributed by atoms with van der Waals surface area (Å²) in [7, 11) is 2.14. The summed E-state index contributed by atoms with van der Waals surface area (Å²) in [5, 5.41) is 9.30. The highest BCUT2D eigenvalue weighted by atomic mass is 35.5. The summed E-state index contributed by atoms with van der Waals surface area (Å²) in [4.78, 5) is 4.70. The van der Waals surface area contributed by atoms with Crippen LogP contribution in [0.15, 0.2) is 18.2 Å². The van der Waals surface area contributed by atoms with Crippen molar-refractivity contribution in [3.8, 4) is 11.8 Å². The first-order valence-corrected chi connectivity index (χ1v) is 6.81. The molecule has 1 saturated heterocycles. The molecule has 0 bridgehead atoms. The molecule has 102 valence electrons. The fraction of sp³-hybridized carbons (Fsp3) is 0.500. The highest BCUT2D eigenvalue weighted by molar-refractivity contribution is 6.33. The maximum absolute atomic E-state index is 8.89. The first-order valence-electron chi connectivity index (χ1n) is 6.43. The Morgan fingerprint density at radius 2 is 2.05 bits per heavy atom. The summed E-state index contributed by atoms with van der Waals surface area (Å²) in [6.07, 6.45) is 0. The quantitative estimate of drug-likeness (QED) is 0.843. The van der Waals surface area contributed by atoms with Gasteiger partial charge in [-0.15, -0.1) is 0 Å². The maximum atomic E-state index is 8.89. The number of halogens is 1. The zero-order valence-corrected chi connectivity index (χ0v) is 11.9. The number of hydrogen-bond donors (Lipinski definition) is 0. The van der Waals surface area contributed by atoms with E-state index in [1.807, 2.05) is 0 Å². The van der Waals surface area contributed by atoms with Crippen molar-refractivity contribution in [3.05, 3.63) is 28.8 Å². The number of ether oxygens (including phenoxy) is 1. The predicted octanol–water partition coefficient (Wildman–Crippen LogP) is 1.84. The van der Waals surface area contributed by atoms with Gasteiger partial charge >= 0.3 is 0 Å². The highest BCUT2D eigenvalue weighted by Gasteiger charge is 2.13. The molecule has 0 atom stereocenters. The van der Waals surface area contributed by atoms with Crippen LogP contribution in [0.25, 0.3) is 0 Å². The van der Waals surface area contributed by atoms with Gasteiger partial charge < -0.3 is 9.64 Å². The Balaban J connectivity index is 1.81. The van der Waals surface area contributed by atoms with Gasteiger partial charge in [-0.3, -0.25) is 4.90 Å². The van der Waals surface area contributed by atoms with Crippen molar-refractivity contribution in [2.75, 3.05) is 46.4 Å². The monoisotopic (exact) mass is 279 g/mol. The zero-order valence-electron chi connectivity index (χ0n) is 11.1. The molecule has 19 heavy (non-hydrogen) atoms. The van der Waals surface area contributed by atoms with E-state index in [-0.39, 0.29) is 0 Å². The van der Waals surface area contributed by atoms with Crippen LogP contribution in [0.5, 0.6) is 5.75 Å². The van der Waals surface area contributed by atoms with Gasteiger partial charge in [-0.2, -0.15) is 5.26 Å². The van der Waals surface area contributed by atoms with Gasteiger partial charge in [0.15, 0.2) is 0 Å². The van der Waals surface area contributed by atoms with Crippen LogP contribution in [0.2, 0.25) is 5.02 Å². The molecule has 0 radical (unpaired) electrons. The number of hydrogen-bond acceptors (Lipinski definition) is 4. The second kappa shape index (κ2) is 6.76. The molecule has 0 aliphatic carbocycles. The minimum absolute atomic E-state index is 0.406. The molecule has 0 spiro atoms. The second-order valence-corrected chi connectivity index (χ2v) is 5.10. The number of nitriles is 1. The number of likely N-dealkylation sites (N-methyl/N-ethyl adjacent to an activating group) is 1. The standard InChI is InChI=1S/C14H18ClN3O/c1-17-5-7-18(8-6-17)9-10-19-13-4-2-3-12(11-16)14(13)15/h2-4H,5-10H2,1H3. The van der Waals surface area contributed by atoms with Gasteiger partial charge in [0, 0.05) is 32.7 Å². The highest BCUT2D eigenvalue weighted by Crippen LogP contribution is 2.27. The van der Waals surface area contributed by atoms with E-state index in [4.69, 9.17) is 21.6 Å². The Bertz CT molecular complexity index is 464. The van der Waals surface area contributed by atoms with Crippen molar-refractivity contribution in [1.82, 2.24) is 9.80 Å². The second-order valence-electron chi connectivity index (χ2n) is 4.72. The molecule has 2 rings (SSSR count). The van der Waals surface area contributed by atoms with Crippen LogP contribution in [-0.2, 0) is 0 Å². The van der Waals surface area contributed by atoms with Crippen molar-refractivity contribution in [3.63, 3.8) is 0 Å². The molecule has 0 unspecified atom stereocenters. The number of benzene rings is 1. The Hall–Kier alpha value is -1.28. The lowest BCUT2D eigenvalue weighted by Gasteiger charge is -2.32. The molecule has 5 heteroatoms. The number of nitrogens with zero attached hydrogens (tertiary/aromatic N) is 3. The molecule has 4 nitrogen and oxygen atoms in total. The molecule has 1 heterocycles. The van der Waals surface area contributed by atoms with Gasteiger partial charge in [0.05, 0.1) is 5.56 Å². The van der Waals surface area contributed by atoms with E-state index in [0.29, 0.717) is 22.9 Å². The van der Waals surface area contributed by atoms with Crippen LogP contribution in [0.1, 0.15) is 5.56 Å². The van der Waals surface area contributed by atoms with Gasteiger partial charge in [-0.05, 0) is 19.2 Å². The van der Waals surface area contributed by atoms with Crippen molar-refractivity contribution >= 4 is 11.6 Å². The summed E-state index contributed by atoms with van der Waals surface area (Å²) in [6.45, 7) is 5.84. The first-order chi connectivity index (χ1) is 9.20. The third-order valence-corrected chi connectivity index (χ3v) is 3.73. The van der Waals surface area contributed by atoms with Crippen LogP contribution in [0, 0.1) is 11.3 Å². The van der Waals surface area contributed by atoms with E-state index in [1.54, 1.807) is 18.2 Å². The van der Waals surface area contributed by atoms with Crippen LogP contribution >= 0.6 is 11.6 Å². The fourth-order valence-electron chi connectivity index (χ4n) is 2.06. The van der Waals surface area contributed by atoms with Crippen LogP contribution in [-0.4, -0.2) is 56.2 Å². The largest absolute Gasteiger partial charge is 0.491 e. The van der Waals surface area contributed by atoms with Gasteiger partial charge in [0.25, 0.3) is 0 Å². The summed E-state index contributed by atoms with van der Waals surface area (Å²) >= 11 is 6.08. The van der Waals surface area contributed by atoms with Crippen molar-refractivity contribution in [1.29, 1.82) is 5.26 Å². The summed E-state index contributed by atoms with van der Waals surface area (Å²) in [5.74, 6) is 0.592. The van der Waals surface area contributed by atoms with E-state index in [1.165, 1.54) is 0 Å². The zero-order chi connectivity index (χ0) is 13.7. The Kier molecular flexibility index (Phi) is 5.03. The molecule has 0 saturated carbocycles. The van der Waals surface area contributed by atoms with Crippen LogP contribution < -0.4 is 4.74 Å². The van der Waals surface area contributed by atoms with E-state index in [2.05, 4.69) is 22.9 Å². The molecular formula is C14H18ClN3O. The van der Waals surface area contributed by atoms with Crippen molar-refractivity contribution in [2.24, 2.45) is 0 Å². The number of piperazine rings is 1. The van der Waals surface area contributed by atoms with Crippen molar-refractivity contribution < 1.29 is 4.74 Å². The Labute approximate surface area is 119 Å². The maximum Gasteiger partial charge on any atom is 0.139 e. The lowest BCUT2D eigenvalue weighted by Crippen LogP contribution is -2.45. The number of rotatable bonds is 4. The Morgan fingerprint density at radius 3 is 2.74 bits per heavy atom. The molecule has 1 aromatic carbocycles. The summed E-state index contributed by atoms with van der Waals surface area (Å²) in [6, 6.07) is 7.33. The van der Waals surface area contributed by atoms with Gasteiger partial charge in [-0.25, -0.2) is 0 Å². The molecule has 1 fully saturated rings. The molecule has 1 aliphatic rings. The van der Waals surface area contributed by atoms with E-state index in [0.717, 1.165) is 32.7 Å². The molecule has 0 N–H and O–H groups in total. The molecule has 0 amide bonds. The van der Waals surface area contributed by atoms with Crippen LogP contribution in [0.4, 0.5) is 0 Å². The summed E-state index contributed by atoms with van der Waals surface area (Å²) < 4.78 is 5.67. The SMILES string of the molecule is CN1CCN(CCOc2cccc(C#N)c2Cl)CC1. The lowest BCUT2D eigenvalue weighted by molar-refractivity contribution is 0.134. The molecular weight excluding hydrogens is 262 g/mol. The van der Waals surface area contributed by atoms with E-state index >= 15 is 0 Å². The topological polar surface area (TPSA) is 39.5 Å². The average molecular weight is 280 g/mol. The molecule has 0 aromatic heterocycles. The summed E-state index contributed by atoms with van der Waals surface area (Å²) in [5.41, 5.74) is 0.457. The smallest absolute Gasteiger partial charge is 0.139 e. The normalized spacial score (nSPS) is 17.1. The fourth-order valence-corrected chi connectivity index (χ4v) is 2.29. The van der Waals surface area contributed by atoms with Crippen LogP contribution in [0.3, 0.4) is 0 Å². The molecule has 1 aromatic rings. The first kappa shape index (κ1) is 14.1. The third kappa shape index (κ3) is 3.84. The molecule has 1 aliphatic heterocycles. The average Bonchev–Trinajstić information content (AvgIpc) is 2.43. The lowest BCUT2D eigenvalue weighted by atomic mass is 10.2. The Morgan fingerprint density at radius 1 is 1.32 bits per heavy atom. The van der Waals surface area contributed by atoms with Gasteiger partial charge in [0.2, 0.25) is 0 Å². The van der Waals surface area contributed by atoms with E-state index < -0.39 is 0 Å². The minimum atomic E-state index is 0.406. The van der Waals surface area contributed by atoms with Crippen molar-refractivity contribution in [2.45, 2.75) is 0 Å².